The number of hydrogen-bond acceptors (Lipinski definition) is 3. The van der Waals surface area contributed by atoms with Gasteiger partial charge in [-0.15, -0.1) is 0 Å². The maximum Gasteiger partial charge on any atom is 0.307 e. The first kappa shape index (κ1) is 15.1. The Labute approximate surface area is 135 Å². The zero-order valence-electron chi connectivity index (χ0n) is 12.1. The van der Waals surface area contributed by atoms with Crippen LogP contribution in [0.1, 0.15) is 18.4 Å². The van der Waals surface area contributed by atoms with E-state index in [2.05, 4.69) is 23.9 Å². The summed E-state index contributed by atoms with van der Waals surface area (Å²) in [5.74, 6) is 0.185. The number of rotatable bonds is 4. The van der Waals surface area contributed by atoms with Gasteiger partial charge in [0.05, 0.1) is 16.1 Å². The van der Waals surface area contributed by atoms with Crippen LogP contribution >= 0.6 is 11.9 Å². The highest BCUT2D eigenvalue weighted by molar-refractivity contribution is 7.95. The van der Waals surface area contributed by atoms with Crippen LogP contribution in [0.5, 0.6) is 0 Å². The zero-order chi connectivity index (χ0) is 15.6. The van der Waals surface area contributed by atoms with E-state index in [1.54, 1.807) is 34.4 Å². The van der Waals surface area contributed by atoms with Crippen molar-refractivity contribution in [2.24, 2.45) is 0 Å². The molecule has 4 nitrogen and oxygen atoms in total. The number of hydrazone groups is 1. The van der Waals surface area contributed by atoms with Gasteiger partial charge in [-0.05, 0) is 28.7 Å². The number of hydrazine groups is 1. The lowest BCUT2D eigenvalue weighted by molar-refractivity contribution is -0.383. The average Bonchev–Trinajstić information content (AvgIpc) is 2.89. The second-order valence-corrected chi connectivity index (χ2v) is 8.14. The van der Waals surface area contributed by atoms with E-state index in [0.29, 0.717) is 0 Å². The summed E-state index contributed by atoms with van der Waals surface area (Å²) in [5, 5.41) is 0.265. The van der Waals surface area contributed by atoms with Crippen LogP contribution in [-0.2, 0) is 10.0 Å². The van der Waals surface area contributed by atoms with E-state index >= 15 is 0 Å². The Balaban J connectivity index is 1.82. The number of sulfonamides is 1. The minimum atomic E-state index is -3.55. The third-order valence-electron chi connectivity index (χ3n) is 3.53. The van der Waals surface area contributed by atoms with Gasteiger partial charge in [0.1, 0.15) is 0 Å². The number of benzene rings is 2. The fourth-order valence-electron chi connectivity index (χ4n) is 2.40. The van der Waals surface area contributed by atoms with Gasteiger partial charge in [0, 0.05) is 0 Å². The zero-order valence-corrected chi connectivity index (χ0v) is 13.7. The monoisotopic (exact) mass is 333 g/mol. The van der Waals surface area contributed by atoms with E-state index in [1.165, 1.54) is 17.5 Å². The largest absolute Gasteiger partial charge is 0.307 e. The average molecular weight is 333 g/mol. The molecule has 1 heterocycles. The molecule has 1 aliphatic heterocycles. The predicted octanol–water partition coefficient (Wildman–Crippen LogP) is 2.80. The lowest BCUT2D eigenvalue weighted by Crippen LogP contribution is -2.30. The second kappa shape index (κ2) is 6.14. The molecule has 0 saturated heterocycles. The third kappa shape index (κ3) is 3.18. The summed E-state index contributed by atoms with van der Waals surface area (Å²) in [6, 6.07) is 18.5. The summed E-state index contributed by atoms with van der Waals surface area (Å²) in [6.07, 6.45) is 1.92. The summed E-state index contributed by atoms with van der Waals surface area (Å²) in [4.78, 5) is 2.88. The summed E-state index contributed by atoms with van der Waals surface area (Å²) in [7, 11) is -3.55. The quantitative estimate of drug-likeness (QED) is 0.691. The minimum Gasteiger partial charge on any atom is -0.197 e. The molecule has 6 heteroatoms. The number of hydrogen-bond donors (Lipinski definition) is 1. The van der Waals surface area contributed by atoms with E-state index in [0.717, 1.165) is 0 Å². The van der Waals surface area contributed by atoms with Crippen molar-refractivity contribution in [2.75, 3.05) is 0 Å². The van der Waals surface area contributed by atoms with Crippen molar-refractivity contribution in [1.29, 1.82) is 0 Å². The van der Waals surface area contributed by atoms with Crippen LogP contribution in [0.25, 0.3) is 0 Å². The molecule has 114 valence electrons. The Morgan fingerprint density at radius 1 is 1.00 bits per heavy atom. The molecule has 0 spiro atoms. The molecule has 3 rings (SSSR count). The van der Waals surface area contributed by atoms with Crippen molar-refractivity contribution >= 4 is 28.2 Å². The van der Waals surface area contributed by atoms with E-state index in [4.69, 9.17) is 0 Å². The van der Waals surface area contributed by atoms with Gasteiger partial charge in [-0.1, -0.05) is 53.4 Å². The lowest BCUT2D eigenvalue weighted by Gasteiger charge is -2.06. The van der Waals surface area contributed by atoms with Crippen LogP contribution < -0.4 is 4.83 Å². The smallest absolute Gasteiger partial charge is 0.197 e. The highest BCUT2D eigenvalue weighted by Gasteiger charge is 2.36. The second-order valence-electron chi connectivity index (χ2n) is 5.13. The van der Waals surface area contributed by atoms with Crippen molar-refractivity contribution in [3.8, 4) is 0 Å². The van der Waals surface area contributed by atoms with Gasteiger partial charge in [-0.25, -0.2) is 0 Å². The molecule has 0 saturated carbocycles. The third-order valence-corrected chi connectivity index (χ3v) is 6.04. The number of nitrogens with one attached hydrogen (secondary N) is 1. The van der Waals surface area contributed by atoms with E-state index < -0.39 is 10.0 Å². The van der Waals surface area contributed by atoms with Gasteiger partial charge in [0.25, 0.3) is 0 Å². The molecular formula is C16H17N2O2S2+. The Hall–Kier alpha value is -1.79. The first-order valence-electron chi connectivity index (χ1n) is 7.00. The van der Waals surface area contributed by atoms with Crippen molar-refractivity contribution in [1.82, 2.24) is 4.83 Å². The molecule has 1 aliphatic rings. The van der Waals surface area contributed by atoms with E-state index in [9.17, 15) is 8.42 Å². The first-order valence-corrected chi connectivity index (χ1v) is 9.32. The van der Waals surface area contributed by atoms with E-state index in [1.807, 2.05) is 24.4 Å². The maximum absolute atomic E-state index is 12.4. The van der Waals surface area contributed by atoms with Crippen molar-refractivity contribution in [3.63, 3.8) is 0 Å². The molecule has 0 bridgehead atoms. The summed E-state index contributed by atoms with van der Waals surface area (Å²) >= 11 is 1.48. The highest BCUT2D eigenvalue weighted by Crippen LogP contribution is 2.32. The predicted molar refractivity (Wildman–Crippen MR) is 89.3 cm³/mol. The van der Waals surface area contributed by atoms with Crippen LogP contribution in [0.15, 0.2) is 65.6 Å². The number of nitrogens with zero attached hydrogens (tertiary/aromatic N) is 1. The molecule has 0 aromatic heterocycles. The first-order chi connectivity index (χ1) is 10.6. The van der Waals surface area contributed by atoms with Crippen LogP contribution in [0.3, 0.4) is 0 Å². The molecule has 2 atom stereocenters. The molecule has 2 aromatic rings. The molecule has 2 aromatic carbocycles. The van der Waals surface area contributed by atoms with Gasteiger partial charge in [-0.3, -0.25) is 0 Å². The van der Waals surface area contributed by atoms with Gasteiger partial charge in [0.15, 0.2) is 18.2 Å². The Kier molecular flexibility index (Phi) is 4.22. The van der Waals surface area contributed by atoms with Crippen LogP contribution in [0.4, 0.5) is 0 Å². The van der Waals surface area contributed by atoms with Crippen molar-refractivity contribution in [3.05, 3.63) is 66.2 Å². The normalized spacial score (nSPS) is 21.4. The fourth-order valence-corrected chi connectivity index (χ4v) is 4.71. The fraction of sp³-hybridized carbons (Fsp3) is 0.188. The molecule has 0 radical (unpaired) electrons. The molecule has 2 unspecified atom stereocenters. The summed E-state index contributed by atoms with van der Waals surface area (Å²) in [5.41, 5.74) is 1.18. The highest BCUT2D eigenvalue weighted by atomic mass is 32.2. The molecule has 0 amide bonds. The molecule has 22 heavy (non-hydrogen) atoms. The maximum atomic E-state index is 12.4. The molecule has 0 fully saturated rings. The minimum absolute atomic E-state index is 0.185. The SMILES string of the molecule is CC1S[N+](NS(=O)(=O)c2ccccc2)=CC1c1ccccc1. The van der Waals surface area contributed by atoms with Crippen molar-refractivity contribution in [2.45, 2.75) is 23.0 Å². The Morgan fingerprint density at radius 3 is 2.23 bits per heavy atom. The molecular weight excluding hydrogens is 316 g/mol. The van der Waals surface area contributed by atoms with Gasteiger partial charge >= 0.3 is 10.0 Å². The van der Waals surface area contributed by atoms with Crippen molar-refractivity contribution < 1.29 is 12.5 Å². The lowest BCUT2D eigenvalue weighted by atomic mass is 9.98. The summed E-state index contributed by atoms with van der Waals surface area (Å²) < 4.78 is 26.3. The summed E-state index contributed by atoms with van der Waals surface area (Å²) in [6.45, 7) is 2.09. The Morgan fingerprint density at radius 2 is 1.59 bits per heavy atom. The topological polar surface area (TPSA) is 49.2 Å². The van der Waals surface area contributed by atoms with E-state index in [-0.39, 0.29) is 16.1 Å². The van der Waals surface area contributed by atoms with Gasteiger partial charge in [0.2, 0.25) is 0 Å². The molecule has 0 aliphatic carbocycles. The van der Waals surface area contributed by atoms with Crippen LogP contribution in [0, 0.1) is 0 Å². The van der Waals surface area contributed by atoms with Crippen LogP contribution in [0.2, 0.25) is 0 Å². The molecule has 1 N–H and O–H groups in total. The Bertz CT molecular complexity index is 774. The van der Waals surface area contributed by atoms with Gasteiger partial charge in [-0.2, -0.15) is 8.42 Å². The standard InChI is InChI=1S/C16H17N2O2S2/c1-13-16(14-8-4-2-5-9-14)12-18(21-13)17-22(19,20)15-10-6-3-7-11-15/h2-13,16-17H,1H3/q+1. The van der Waals surface area contributed by atoms with Gasteiger partial charge < -0.3 is 0 Å². The van der Waals surface area contributed by atoms with Crippen LogP contribution in [-0.4, -0.2) is 24.0 Å².